The lowest BCUT2D eigenvalue weighted by Crippen LogP contribution is -2.49. The molecule has 6 heteroatoms. The molecule has 4 N–H and O–H groups in total. The van der Waals surface area contributed by atoms with Crippen LogP contribution in [0, 0.1) is 5.41 Å². The Hall–Kier alpha value is -1.40. The molecule has 18 heavy (non-hydrogen) atoms. The summed E-state index contributed by atoms with van der Waals surface area (Å²) in [6, 6.07) is 2.92. The average molecular weight is 268 g/mol. The van der Waals surface area contributed by atoms with Gasteiger partial charge in [-0.1, -0.05) is 12.5 Å². The number of hydrogen-bond acceptors (Lipinski definition) is 4. The highest BCUT2D eigenvalue weighted by molar-refractivity contribution is 7.10. The van der Waals surface area contributed by atoms with Crippen LogP contribution in [0.15, 0.2) is 17.5 Å². The third-order valence-corrected chi connectivity index (χ3v) is 4.45. The highest BCUT2D eigenvalue weighted by Crippen LogP contribution is 2.40. The van der Waals surface area contributed by atoms with E-state index in [1.807, 2.05) is 11.4 Å². The summed E-state index contributed by atoms with van der Waals surface area (Å²) in [5, 5.41) is 13.6. The molecule has 1 aromatic heterocycles. The molecule has 5 nitrogen and oxygen atoms in total. The maximum absolute atomic E-state index is 11.8. The molecule has 1 saturated carbocycles. The first-order valence-corrected chi connectivity index (χ1v) is 6.73. The second kappa shape index (κ2) is 5.07. The maximum atomic E-state index is 11.8. The van der Waals surface area contributed by atoms with Crippen molar-refractivity contribution >= 4 is 23.2 Å². The van der Waals surface area contributed by atoms with Crippen molar-refractivity contribution < 1.29 is 14.7 Å². The summed E-state index contributed by atoms with van der Waals surface area (Å²) in [5.41, 5.74) is 5.03. The zero-order valence-electron chi connectivity index (χ0n) is 9.89. The minimum Gasteiger partial charge on any atom is -0.481 e. The minimum atomic E-state index is -0.834. The predicted octanol–water partition coefficient (Wildman–Crippen LogP) is 1.12. The third kappa shape index (κ3) is 2.39. The summed E-state index contributed by atoms with van der Waals surface area (Å²) in [5.74, 6) is -1.15. The first kappa shape index (κ1) is 13.0. The number of carboxylic acid groups (broad SMARTS) is 1. The van der Waals surface area contributed by atoms with Crippen molar-refractivity contribution in [1.29, 1.82) is 0 Å². The highest BCUT2D eigenvalue weighted by atomic mass is 32.1. The number of carboxylic acids is 1. The van der Waals surface area contributed by atoms with Crippen LogP contribution in [-0.2, 0) is 9.59 Å². The molecule has 1 unspecified atom stereocenters. The number of rotatable bonds is 5. The molecule has 1 amide bonds. The molecule has 1 fully saturated rings. The summed E-state index contributed by atoms with van der Waals surface area (Å²) < 4.78 is 0. The van der Waals surface area contributed by atoms with E-state index >= 15 is 0 Å². The third-order valence-electron chi connectivity index (χ3n) is 3.50. The monoisotopic (exact) mass is 268 g/mol. The highest BCUT2D eigenvalue weighted by Gasteiger charge is 2.44. The van der Waals surface area contributed by atoms with Crippen molar-refractivity contribution in [2.45, 2.75) is 25.3 Å². The van der Waals surface area contributed by atoms with Crippen molar-refractivity contribution in [1.82, 2.24) is 5.32 Å². The fourth-order valence-corrected chi connectivity index (χ4v) is 2.76. The molecular weight excluding hydrogens is 252 g/mol. The van der Waals surface area contributed by atoms with Crippen LogP contribution in [0.1, 0.15) is 30.2 Å². The van der Waals surface area contributed by atoms with E-state index in [9.17, 15) is 9.59 Å². The van der Waals surface area contributed by atoms with Crippen LogP contribution < -0.4 is 11.1 Å². The smallest absolute Gasteiger partial charge is 0.311 e. The Labute approximate surface area is 109 Å². The molecule has 1 aliphatic rings. The van der Waals surface area contributed by atoms with E-state index in [0.717, 1.165) is 11.3 Å². The number of hydrogen-bond donors (Lipinski definition) is 3. The molecule has 0 radical (unpaired) electrons. The van der Waals surface area contributed by atoms with Crippen LogP contribution in [0.3, 0.4) is 0 Å². The zero-order valence-corrected chi connectivity index (χ0v) is 10.7. The van der Waals surface area contributed by atoms with Gasteiger partial charge in [0.05, 0.1) is 5.41 Å². The van der Waals surface area contributed by atoms with Crippen molar-refractivity contribution in [3.8, 4) is 0 Å². The first-order valence-electron chi connectivity index (χ1n) is 5.85. The quantitative estimate of drug-likeness (QED) is 0.746. The van der Waals surface area contributed by atoms with Gasteiger partial charge in [-0.3, -0.25) is 9.59 Å². The summed E-state index contributed by atoms with van der Waals surface area (Å²) >= 11 is 1.42. The number of carbonyl (C=O) groups is 2. The summed E-state index contributed by atoms with van der Waals surface area (Å²) in [7, 11) is 0. The molecule has 1 aromatic rings. The van der Waals surface area contributed by atoms with Crippen molar-refractivity contribution in [3.05, 3.63) is 22.4 Å². The summed E-state index contributed by atoms with van der Waals surface area (Å²) in [6.45, 7) is 0.167. The van der Waals surface area contributed by atoms with Crippen molar-refractivity contribution in [2.24, 2.45) is 11.1 Å². The standard InChI is InChI=1S/C12H16N2O3S/c13-9(8-3-1-6-18-8)10(15)14-7-12(11(16)17)4-2-5-12/h1,3,6,9H,2,4-5,7,13H2,(H,14,15)(H,16,17). The van der Waals surface area contributed by atoms with E-state index in [4.69, 9.17) is 10.8 Å². The SMILES string of the molecule is NC(C(=O)NCC1(C(=O)O)CCC1)c1cccs1. The normalized spacial score (nSPS) is 18.7. The van der Waals surface area contributed by atoms with Gasteiger partial charge >= 0.3 is 5.97 Å². The first-order chi connectivity index (χ1) is 8.55. The Kier molecular flexibility index (Phi) is 3.68. The Morgan fingerprint density at radius 1 is 1.56 bits per heavy atom. The molecule has 0 spiro atoms. The van der Waals surface area contributed by atoms with E-state index in [1.54, 1.807) is 6.07 Å². The van der Waals surface area contributed by atoms with Gasteiger partial charge in [0.15, 0.2) is 0 Å². The van der Waals surface area contributed by atoms with Gasteiger partial charge in [-0.15, -0.1) is 11.3 Å². The van der Waals surface area contributed by atoms with E-state index in [2.05, 4.69) is 5.32 Å². The molecular formula is C12H16N2O3S. The van der Waals surface area contributed by atoms with Gasteiger partial charge in [-0.25, -0.2) is 0 Å². The zero-order chi connectivity index (χ0) is 13.2. The van der Waals surface area contributed by atoms with Gasteiger partial charge in [-0.2, -0.15) is 0 Å². The van der Waals surface area contributed by atoms with Gasteiger partial charge in [0.1, 0.15) is 6.04 Å². The number of nitrogens with two attached hydrogens (primary N) is 1. The molecule has 0 bridgehead atoms. The Bertz CT molecular complexity index is 440. The number of thiophene rings is 1. The summed E-state index contributed by atoms with van der Waals surface area (Å²) in [6.07, 6.45) is 2.15. The van der Waals surface area contributed by atoms with E-state index in [0.29, 0.717) is 12.8 Å². The molecule has 1 heterocycles. The van der Waals surface area contributed by atoms with Gasteiger partial charge in [0, 0.05) is 11.4 Å². The van der Waals surface area contributed by atoms with Crippen LogP contribution in [0.4, 0.5) is 0 Å². The van der Waals surface area contributed by atoms with Gasteiger partial charge in [-0.05, 0) is 24.3 Å². The molecule has 0 aromatic carbocycles. The maximum Gasteiger partial charge on any atom is 0.311 e. The van der Waals surface area contributed by atoms with E-state index in [1.165, 1.54) is 11.3 Å². The van der Waals surface area contributed by atoms with E-state index in [-0.39, 0.29) is 12.5 Å². The number of aliphatic carboxylic acids is 1. The lowest BCUT2D eigenvalue weighted by atomic mass is 9.69. The van der Waals surface area contributed by atoms with Crippen molar-refractivity contribution in [3.63, 3.8) is 0 Å². The van der Waals surface area contributed by atoms with Gasteiger partial charge in [0.25, 0.3) is 0 Å². The van der Waals surface area contributed by atoms with E-state index < -0.39 is 17.4 Å². The van der Waals surface area contributed by atoms with Crippen LogP contribution in [0.25, 0.3) is 0 Å². The Morgan fingerprint density at radius 3 is 2.72 bits per heavy atom. The van der Waals surface area contributed by atoms with Crippen LogP contribution in [0.2, 0.25) is 0 Å². The van der Waals surface area contributed by atoms with Crippen LogP contribution >= 0.6 is 11.3 Å². The predicted molar refractivity (Wildman–Crippen MR) is 68.2 cm³/mol. The molecule has 98 valence electrons. The topological polar surface area (TPSA) is 92.4 Å². The van der Waals surface area contributed by atoms with Crippen molar-refractivity contribution in [2.75, 3.05) is 6.54 Å². The lowest BCUT2D eigenvalue weighted by molar-refractivity contribution is -0.154. The Balaban J connectivity index is 1.90. The molecule has 0 saturated heterocycles. The minimum absolute atomic E-state index is 0.167. The number of amides is 1. The van der Waals surface area contributed by atoms with Gasteiger partial charge in [0.2, 0.25) is 5.91 Å². The number of nitrogens with one attached hydrogen (secondary N) is 1. The fraction of sp³-hybridized carbons (Fsp3) is 0.500. The molecule has 0 aliphatic heterocycles. The van der Waals surface area contributed by atoms with Crippen LogP contribution in [-0.4, -0.2) is 23.5 Å². The largest absolute Gasteiger partial charge is 0.481 e. The second-order valence-electron chi connectivity index (χ2n) is 4.65. The van der Waals surface area contributed by atoms with Gasteiger partial charge < -0.3 is 16.2 Å². The average Bonchev–Trinajstić information content (AvgIpc) is 2.79. The Morgan fingerprint density at radius 2 is 2.28 bits per heavy atom. The lowest BCUT2D eigenvalue weighted by Gasteiger charge is -2.37. The summed E-state index contributed by atoms with van der Waals surface area (Å²) in [4.78, 5) is 23.7. The molecule has 1 aliphatic carbocycles. The number of carbonyl (C=O) groups excluding carboxylic acids is 1. The second-order valence-corrected chi connectivity index (χ2v) is 5.63. The van der Waals surface area contributed by atoms with Crippen LogP contribution in [0.5, 0.6) is 0 Å². The molecule has 2 rings (SSSR count). The fourth-order valence-electron chi connectivity index (χ4n) is 2.03. The molecule has 1 atom stereocenters.